The normalized spacial score (nSPS) is 18.1. The Labute approximate surface area is 175 Å². The highest BCUT2D eigenvalue weighted by Crippen LogP contribution is 2.51. The van der Waals surface area contributed by atoms with Crippen LogP contribution in [0.15, 0.2) is 66.7 Å². The number of fused-ring (bicyclic) bond motifs is 5. The van der Waals surface area contributed by atoms with E-state index in [9.17, 15) is 9.90 Å². The van der Waals surface area contributed by atoms with Crippen LogP contribution in [-0.2, 0) is 0 Å². The van der Waals surface area contributed by atoms with Crippen LogP contribution in [0.4, 0.5) is 5.69 Å². The van der Waals surface area contributed by atoms with Gasteiger partial charge in [0.1, 0.15) is 5.75 Å². The Hall–Kier alpha value is -3.53. The van der Waals surface area contributed by atoms with Crippen molar-refractivity contribution in [3.05, 3.63) is 89.0 Å². The van der Waals surface area contributed by atoms with Crippen LogP contribution >= 0.6 is 0 Å². The van der Waals surface area contributed by atoms with Crippen molar-refractivity contribution >= 4 is 17.2 Å². The zero-order valence-electron chi connectivity index (χ0n) is 17.2. The van der Waals surface area contributed by atoms with Crippen molar-refractivity contribution < 1.29 is 14.6 Å². The van der Waals surface area contributed by atoms with Crippen LogP contribution in [0.25, 0.3) is 16.7 Å². The summed E-state index contributed by atoms with van der Waals surface area (Å²) in [5.41, 5.74) is 6.99. The van der Waals surface area contributed by atoms with Crippen molar-refractivity contribution in [2.24, 2.45) is 0 Å². The van der Waals surface area contributed by atoms with E-state index >= 15 is 0 Å². The monoisotopic (exact) mass is 397 g/mol. The van der Waals surface area contributed by atoms with Gasteiger partial charge in [-0.25, -0.2) is 4.79 Å². The van der Waals surface area contributed by atoms with Gasteiger partial charge < -0.3 is 15.2 Å². The molecule has 30 heavy (non-hydrogen) atoms. The molecule has 150 valence electrons. The van der Waals surface area contributed by atoms with Crippen molar-refractivity contribution in [1.29, 1.82) is 0 Å². The lowest BCUT2D eigenvalue weighted by Crippen LogP contribution is -2.32. The van der Waals surface area contributed by atoms with Crippen molar-refractivity contribution in [2.75, 3.05) is 5.32 Å². The first kappa shape index (κ1) is 18.5. The summed E-state index contributed by atoms with van der Waals surface area (Å²) in [4.78, 5) is 12.0. The Kier molecular flexibility index (Phi) is 4.00. The summed E-state index contributed by atoms with van der Waals surface area (Å²) in [6.07, 6.45) is 1.90. The third-order valence-corrected chi connectivity index (χ3v) is 5.81. The summed E-state index contributed by atoms with van der Waals surface area (Å²) in [5, 5.41) is 13.4. The molecule has 1 unspecified atom stereocenters. The smallest absolute Gasteiger partial charge is 0.336 e. The Morgan fingerprint density at radius 2 is 1.77 bits per heavy atom. The summed E-state index contributed by atoms with van der Waals surface area (Å²) in [5.74, 6) is -0.356. The largest absolute Gasteiger partial charge is 0.480 e. The first-order valence-corrected chi connectivity index (χ1v) is 10.1. The average Bonchev–Trinajstić information content (AvgIpc) is 2.71. The number of nitrogens with one attached hydrogen (secondary N) is 1. The van der Waals surface area contributed by atoms with Crippen LogP contribution in [0.2, 0.25) is 0 Å². The number of allylic oxidation sites excluding steroid dienone is 1. The molecule has 2 aliphatic heterocycles. The molecule has 0 bridgehead atoms. The highest BCUT2D eigenvalue weighted by molar-refractivity contribution is 6.01. The summed E-state index contributed by atoms with van der Waals surface area (Å²) < 4.78 is 6.48. The summed E-state index contributed by atoms with van der Waals surface area (Å²) in [6.45, 7) is 6.40. The van der Waals surface area contributed by atoms with Gasteiger partial charge in [-0.3, -0.25) is 0 Å². The van der Waals surface area contributed by atoms with E-state index in [0.29, 0.717) is 11.3 Å². The fourth-order valence-electron chi connectivity index (χ4n) is 4.77. The third-order valence-electron chi connectivity index (χ3n) is 5.81. The van der Waals surface area contributed by atoms with Crippen molar-refractivity contribution in [2.45, 2.75) is 32.4 Å². The lowest BCUT2D eigenvalue weighted by atomic mass is 9.79. The van der Waals surface area contributed by atoms with Crippen molar-refractivity contribution in [1.82, 2.24) is 0 Å². The molecule has 4 heteroatoms. The molecule has 5 rings (SSSR count). The fraction of sp³-hybridized carbons (Fsp3) is 0.192. The van der Waals surface area contributed by atoms with Crippen molar-refractivity contribution in [3.63, 3.8) is 0 Å². The third kappa shape index (κ3) is 2.79. The van der Waals surface area contributed by atoms with E-state index in [-0.39, 0.29) is 17.2 Å². The number of aromatic carboxylic acids is 1. The second kappa shape index (κ2) is 6.49. The Morgan fingerprint density at radius 3 is 2.50 bits per heavy atom. The zero-order valence-corrected chi connectivity index (χ0v) is 17.2. The number of rotatable bonds is 2. The maximum atomic E-state index is 12.0. The van der Waals surface area contributed by atoms with Gasteiger partial charge in [0.2, 0.25) is 0 Å². The Bertz CT molecular complexity index is 1210. The molecule has 2 heterocycles. The minimum Gasteiger partial charge on any atom is -0.480 e. The van der Waals surface area contributed by atoms with Gasteiger partial charge in [-0.2, -0.15) is 0 Å². The van der Waals surface area contributed by atoms with Crippen LogP contribution < -0.4 is 10.1 Å². The quantitative estimate of drug-likeness (QED) is 0.545. The van der Waals surface area contributed by atoms with Gasteiger partial charge in [0.25, 0.3) is 0 Å². The van der Waals surface area contributed by atoms with Gasteiger partial charge in [-0.05, 0) is 55.7 Å². The SMILES string of the molecule is CC1=CC(C)(C)Nc2ccc3c(c21)C(c1ccccc1)Oc1cccc(C(=O)O)c1-3. The molecule has 0 fully saturated rings. The topological polar surface area (TPSA) is 58.6 Å². The molecule has 0 amide bonds. The molecule has 0 aliphatic carbocycles. The Balaban J connectivity index is 1.85. The van der Waals surface area contributed by atoms with Gasteiger partial charge in [0, 0.05) is 22.4 Å². The number of ether oxygens (including phenoxy) is 1. The van der Waals surface area contributed by atoms with Crippen LogP contribution in [0, 0.1) is 0 Å². The number of carboxylic acids is 1. The highest BCUT2D eigenvalue weighted by Gasteiger charge is 2.35. The van der Waals surface area contributed by atoms with Gasteiger partial charge in [-0.15, -0.1) is 0 Å². The van der Waals surface area contributed by atoms with E-state index in [1.54, 1.807) is 12.1 Å². The fourth-order valence-corrected chi connectivity index (χ4v) is 4.77. The maximum Gasteiger partial charge on any atom is 0.336 e. The summed E-state index contributed by atoms with van der Waals surface area (Å²) in [7, 11) is 0. The maximum absolute atomic E-state index is 12.0. The first-order valence-electron chi connectivity index (χ1n) is 10.1. The van der Waals surface area contributed by atoms with Gasteiger partial charge >= 0.3 is 5.97 Å². The van der Waals surface area contributed by atoms with Gasteiger partial charge in [-0.1, -0.05) is 48.5 Å². The van der Waals surface area contributed by atoms with E-state index in [1.165, 1.54) is 0 Å². The van der Waals surface area contributed by atoms with E-state index in [2.05, 4.69) is 50.4 Å². The van der Waals surface area contributed by atoms with Crippen LogP contribution in [0.3, 0.4) is 0 Å². The molecule has 0 aromatic heterocycles. The van der Waals surface area contributed by atoms with Crippen LogP contribution in [0.5, 0.6) is 5.75 Å². The number of anilines is 1. The summed E-state index contributed by atoms with van der Waals surface area (Å²) >= 11 is 0. The molecule has 2 aliphatic rings. The molecular weight excluding hydrogens is 374 g/mol. The average molecular weight is 397 g/mol. The lowest BCUT2D eigenvalue weighted by molar-refractivity contribution is 0.0697. The number of hydrogen-bond donors (Lipinski definition) is 2. The van der Waals surface area contributed by atoms with Crippen LogP contribution in [0.1, 0.15) is 53.9 Å². The van der Waals surface area contributed by atoms with E-state index < -0.39 is 5.97 Å². The lowest BCUT2D eigenvalue weighted by Gasteiger charge is -2.37. The molecule has 3 aromatic rings. The minimum absolute atomic E-state index is 0.160. The Morgan fingerprint density at radius 1 is 1.00 bits per heavy atom. The number of carboxylic acid groups (broad SMARTS) is 1. The number of carbonyl (C=O) groups is 1. The molecular formula is C26H23NO3. The van der Waals surface area contributed by atoms with Crippen LogP contribution in [-0.4, -0.2) is 16.6 Å². The predicted molar refractivity (Wildman–Crippen MR) is 119 cm³/mol. The van der Waals surface area contributed by atoms with Gasteiger partial charge in [0.15, 0.2) is 6.10 Å². The predicted octanol–water partition coefficient (Wildman–Crippen LogP) is 6.14. The van der Waals surface area contributed by atoms with E-state index in [1.807, 2.05) is 30.3 Å². The molecule has 4 nitrogen and oxygen atoms in total. The van der Waals surface area contributed by atoms with Gasteiger partial charge in [0.05, 0.1) is 11.1 Å². The molecule has 0 saturated carbocycles. The highest BCUT2D eigenvalue weighted by atomic mass is 16.5. The molecule has 0 saturated heterocycles. The molecule has 1 atom stereocenters. The van der Waals surface area contributed by atoms with Crippen molar-refractivity contribution in [3.8, 4) is 16.9 Å². The minimum atomic E-state index is -0.955. The standard InChI is InChI=1S/C26H23NO3/c1-15-14-26(2,3)27-19-13-12-17-22-18(25(28)29)10-7-11-20(22)30-24(23(17)21(15)19)16-8-5-4-6-9-16/h4-14,24,27H,1-3H3,(H,28,29). The number of hydrogen-bond acceptors (Lipinski definition) is 3. The van der Waals surface area contributed by atoms with E-state index in [4.69, 9.17) is 4.74 Å². The molecule has 0 radical (unpaired) electrons. The first-order chi connectivity index (χ1) is 14.4. The summed E-state index contributed by atoms with van der Waals surface area (Å²) in [6, 6.07) is 19.4. The molecule has 0 spiro atoms. The molecule has 2 N–H and O–H groups in total. The molecule has 3 aromatic carbocycles. The van der Waals surface area contributed by atoms with E-state index in [0.717, 1.165) is 33.5 Å². The zero-order chi connectivity index (χ0) is 21.0. The number of benzene rings is 3. The second-order valence-corrected chi connectivity index (χ2v) is 8.52. The second-order valence-electron chi connectivity index (χ2n) is 8.52.